The van der Waals surface area contributed by atoms with E-state index in [9.17, 15) is 0 Å². The van der Waals surface area contributed by atoms with Crippen molar-refractivity contribution in [1.29, 1.82) is 0 Å². The Kier molecular flexibility index (Phi) is 3.60. The van der Waals surface area contributed by atoms with Gasteiger partial charge in [0.25, 0.3) is 0 Å². The number of pyridine rings is 1. The van der Waals surface area contributed by atoms with Crippen LogP contribution in [0.15, 0.2) is 47.2 Å². The van der Waals surface area contributed by atoms with Crippen LogP contribution in [0.1, 0.15) is 12.7 Å². The van der Waals surface area contributed by atoms with E-state index < -0.39 is 0 Å². The number of benzene rings is 1. The van der Waals surface area contributed by atoms with E-state index in [1.807, 2.05) is 37.3 Å². The molecule has 0 amide bonds. The largest absolute Gasteiger partial charge is 0.439 e. The molecule has 0 saturated carbocycles. The van der Waals surface area contributed by atoms with Crippen LogP contribution in [-0.2, 0) is 6.42 Å². The molecule has 0 aliphatic rings. The van der Waals surface area contributed by atoms with Crippen molar-refractivity contribution in [3.05, 3.63) is 53.0 Å². The number of ether oxygens (including phenoxy) is 1. The van der Waals surface area contributed by atoms with Crippen molar-refractivity contribution in [2.24, 2.45) is 0 Å². The Morgan fingerprint density at radius 1 is 1.15 bits per heavy atom. The van der Waals surface area contributed by atoms with Gasteiger partial charge in [-0.25, -0.2) is 4.98 Å². The standard InChI is InChI=1S/C15H12BrN3O/c1-2-14-18-13(16)9-15(19-14)20-11-6-5-10-4-3-7-17-12(10)8-11/h3-9H,2H2,1H3. The van der Waals surface area contributed by atoms with Crippen LogP contribution in [0.3, 0.4) is 0 Å². The van der Waals surface area contributed by atoms with Gasteiger partial charge in [0.1, 0.15) is 16.2 Å². The third-order valence-corrected chi connectivity index (χ3v) is 3.24. The van der Waals surface area contributed by atoms with Gasteiger partial charge in [0, 0.05) is 30.1 Å². The fourth-order valence-corrected chi connectivity index (χ4v) is 2.28. The molecule has 0 aliphatic heterocycles. The smallest absolute Gasteiger partial charge is 0.223 e. The maximum absolute atomic E-state index is 5.79. The van der Waals surface area contributed by atoms with E-state index in [1.165, 1.54) is 0 Å². The molecule has 0 saturated heterocycles. The maximum Gasteiger partial charge on any atom is 0.223 e. The predicted molar refractivity (Wildman–Crippen MR) is 80.9 cm³/mol. The summed E-state index contributed by atoms with van der Waals surface area (Å²) < 4.78 is 6.51. The number of rotatable bonds is 3. The van der Waals surface area contributed by atoms with Gasteiger partial charge in [-0.2, -0.15) is 4.98 Å². The third kappa shape index (κ3) is 2.77. The number of aryl methyl sites for hydroxylation is 1. The van der Waals surface area contributed by atoms with Gasteiger partial charge >= 0.3 is 0 Å². The quantitative estimate of drug-likeness (QED) is 0.677. The minimum absolute atomic E-state index is 0.527. The van der Waals surface area contributed by atoms with Crippen molar-refractivity contribution in [2.75, 3.05) is 0 Å². The van der Waals surface area contributed by atoms with E-state index in [0.717, 1.165) is 27.8 Å². The summed E-state index contributed by atoms with van der Waals surface area (Å²) in [4.78, 5) is 12.9. The molecule has 3 aromatic rings. The number of hydrogen-bond donors (Lipinski definition) is 0. The monoisotopic (exact) mass is 329 g/mol. The predicted octanol–water partition coefficient (Wildman–Crippen LogP) is 4.14. The number of hydrogen-bond acceptors (Lipinski definition) is 4. The second-order valence-corrected chi connectivity index (χ2v) is 5.07. The van der Waals surface area contributed by atoms with Crippen LogP contribution in [0.25, 0.3) is 10.9 Å². The Balaban J connectivity index is 1.94. The molecular formula is C15H12BrN3O. The summed E-state index contributed by atoms with van der Waals surface area (Å²) in [5, 5.41) is 1.08. The minimum atomic E-state index is 0.527. The lowest BCUT2D eigenvalue weighted by Gasteiger charge is -2.07. The molecule has 0 unspecified atom stereocenters. The van der Waals surface area contributed by atoms with Crippen molar-refractivity contribution >= 4 is 26.8 Å². The van der Waals surface area contributed by atoms with Crippen LogP contribution < -0.4 is 4.74 Å². The van der Waals surface area contributed by atoms with Gasteiger partial charge in [-0.15, -0.1) is 0 Å². The first-order chi connectivity index (χ1) is 9.74. The summed E-state index contributed by atoms with van der Waals surface area (Å²) in [5.41, 5.74) is 0.897. The first-order valence-electron chi connectivity index (χ1n) is 6.30. The van der Waals surface area contributed by atoms with E-state index >= 15 is 0 Å². The summed E-state index contributed by atoms with van der Waals surface area (Å²) in [5.74, 6) is 1.98. The van der Waals surface area contributed by atoms with Crippen LogP contribution >= 0.6 is 15.9 Å². The molecule has 4 nitrogen and oxygen atoms in total. The Labute approximate surface area is 125 Å². The first-order valence-corrected chi connectivity index (χ1v) is 7.10. The molecule has 0 radical (unpaired) electrons. The van der Waals surface area contributed by atoms with Crippen LogP contribution in [0, 0.1) is 0 Å². The Bertz CT molecular complexity index is 761. The van der Waals surface area contributed by atoms with Crippen molar-refractivity contribution < 1.29 is 4.74 Å². The van der Waals surface area contributed by atoms with E-state index in [4.69, 9.17) is 4.74 Å². The van der Waals surface area contributed by atoms with Crippen molar-refractivity contribution in [3.63, 3.8) is 0 Å². The average molecular weight is 330 g/mol. The summed E-state index contributed by atoms with van der Waals surface area (Å²) in [7, 11) is 0. The topological polar surface area (TPSA) is 47.9 Å². The average Bonchev–Trinajstić information content (AvgIpc) is 2.46. The number of fused-ring (bicyclic) bond motifs is 1. The highest BCUT2D eigenvalue weighted by atomic mass is 79.9. The van der Waals surface area contributed by atoms with Gasteiger partial charge in [0.2, 0.25) is 5.88 Å². The third-order valence-electron chi connectivity index (χ3n) is 2.83. The number of nitrogens with zero attached hydrogens (tertiary/aromatic N) is 3. The fraction of sp³-hybridized carbons (Fsp3) is 0.133. The van der Waals surface area contributed by atoms with E-state index in [2.05, 4.69) is 30.9 Å². The van der Waals surface area contributed by atoms with Crippen LogP contribution in [0.5, 0.6) is 11.6 Å². The molecule has 1 aromatic carbocycles. The van der Waals surface area contributed by atoms with Crippen LogP contribution in [-0.4, -0.2) is 15.0 Å². The molecule has 3 rings (SSSR count). The second kappa shape index (κ2) is 5.54. The SMILES string of the molecule is CCc1nc(Br)cc(Oc2ccc3cccnc3c2)n1. The van der Waals surface area contributed by atoms with Crippen molar-refractivity contribution in [2.45, 2.75) is 13.3 Å². The Morgan fingerprint density at radius 2 is 2.05 bits per heavy atom. The lowest BCUT2D eigenvalue weighted by Crippen LogP contribution is -1.96. The summed E-state index contributed by atoms with van der Waals surface area (Å²) in [6.07, 6.45) is 2.53. The number of aromatic nitrogens is 3. The molecule has 0 spiro atoms. The maximum atomic E-state index is 5.79. The van der Waals surface area contributed by atoms with Gasteiger partial charge < -0.3 is 4.74 Å². The molecule has 2 aromatic heterocycles. The molecule has 0 bridgehead atoms. The van der Waals surface area contributed by atoms with Crippen molar-refractivity contribution in [1.82, 2.24) is 15.0 Å². The second-order valence-electron chi connectivity index (χ2n) is 4.26. The fourth-order valence-electron chi connectivity index (χ4n) is 1.88. The van der Waals surface area contributed by atoms with Crippen LogP contribution in [0.2, 0.25) is 0 Å². The Hall–Kier alpha value is -2.01. The molecule has 0 N–H and O–H groups in total. The van der Waals surface area contributed by atoms with Gasteiger partial charge in [-0.3, -0.25) is 4.98 Å². The lowest BCUT2D eigenvalue weighted by molar-refractivity contribution is 0.458. The molecule has 0 fully saturated rings. The normalized spacial score (nSPS) is 10.7. The molecule has 100 valence electrons. The summed E-state index contributed by atoms with van der Waals surface area (Å²) >= 11 is 3.36. The highest BCUT2D eigenvalue weighted by Gasteiger charge is 2.05. The van der Waals surface area contributed by atoms with E-state index in [-0.39, 0.29) is 0 Å². The molecule has 0 atom stereocenters. The minimum Gasteiger partial charge on any atom is -0.439 e. The first kappa shape index (κ1) is 13.0. The van der Waals surface area contributed by atoms with Gasteiger partial charge in [-0.05, 0) is 34.1 Å². The highest BCUT2D eigenvalue weighted by molar-refractivity contribution is 9.10. The molecule has 20 heavy (non-hydrogen) atoms. The zero-order valence-electron chi connectivity index (χ0n) is 10.9. The lowest BCUT2D eigenvalue weighted by atomic mass is 10.2. The molecule has 2 heterocycles. The van der Waals surface area contributed by atoms with Crippen LogP contribution in [0.4, 0.5) is 0 Å². The number of halogens is 1. The molecule has 5 heteroatoms. The van der Waals surface area contributed by atoms with Gasteiger partial charge in [0.15, 0.2) is 0 Å². The van der Waals surface area contributed by atoms with E-state index in [0.29, 0.717) is 11.6 Å². The Morgan fingerprint density at radius 3 is 2.90 bits per heavy atom. The zero-order valence-corrected chi connectivity index (χ0v) is 12.5. The molecule has 0 aliphatic carbocycles. The van der Waals surface area contributed by atoms with Gasteiger partial charge in [-0.1, -0.05) is 13.0 Å². The highest BCUT2D eigenvalue weighted by Crippen LogP contribution is 2.25. The summed E-state index contributed by atoms with van der Waals surface area (Å²) in [6, 6.07) is 11.5. The van der Waals surface area contributed by atoms with Gasteiger partial charge in [0.05, 0.1) is 5.52 Å². The summed E-state index contributed by atoms with van der Waals surface area (Å²) in [6.45, 7) is 2.01. The zero-order chi connectivity index (χ0) is 13.9. The molecular weight excluding hydrogens is 318 g/mol. The van der Waals surface area contributed by atoms with E-state index in [1.54, 1.807) is 12.3 Å². The van der Waals surface area contributed by atoms with Crippen molar-refractivity contribution in [3.8, 4) is 11.6 Å².